The highest BCUT2D eigenvalue weighted by atomic mass is 35.5. The smallest absolute Gasteiger partial charge is 0.179 e. The van der Waals surface area contributed by atoms with Crippen LogP contribution in [0.1, 0.15) is 26.3 Å². The van der Waals surface area contributed by atoms with E-state index in [0.717, 1.165) is 25.1 Å². The summed E-state index contributed by atoms with van der Waals surface area (Å²) in [6.45, 7) is 7.26. The Bertz CT molecular complexity index is 608. The van der Waals surface area contributed by atoms with Gasteiger partial charge in [0.2, 0.25) is 0 Å². The average molecular weight is 360 g/mol. The molecule has 2 aromatic rings. The van der Waals surface area contributed by atoms with Gasteiger partial charge in [-0.1, -0.05) is 52.5 Å². The second kappa shape index (κ2) is 7.33. The van der Waals surface area contributed by atoms with Crippen LogP contribution in [0.4, 0.5) is 0 Å². The van der Waals surface area contributed by atoms with Gasteiger partial charge in [-0.3, -0.25) is 0 Å². The van der Waals surface area contributed by atoms with Crippen molar-refractivity contribution in [2.24, 2.45) is 0 Å². The molecule has 0 aliphatic carbocycles. The molecule has 0 fully saturated rings. The Hall–Kier alpha value is -0.270. The van der Waals surface area contributed by atoms with Gasteiger partial charge in [0.15, 0.2) is 8.68 Å². The van der Waals surface area contributed by atoms with Gasteiger partial charge < -0.3 is 5.32 Å². The quantitative estimate of drug-likeness (QED) is 0.764. The molecule has 0 saturated heterocycles. The molecule has 0 aliphatic heterocycles. The van der Waals surface area contributed by atoms with Crippen molar-refractivity contribution in [3.63, 3.8) is 0 Å². The number of nitrogens with zero attached hydrogens (tertiary/aromatic N) is 2. The van der Waals surface area contributed by atoms with Crippen molar-refractivity contribution < 1.29 is 0 Å². The zero-order chi connectivity index (χ0) is 15.5. The highest BCUT2D eigenvalue weighted by Crippen LogP contribution is 2.36. The molecule has 0 radical (unpaired) electrons. The van der Waals surface area contributed by atoms with Crippen molar-refractivity contribution in [3.8, 4) is 0 Å². The molecular formula is C14H18ClN3S3. The summed E-state index contributed by atoms with van der Waals surface area (Å²) in [4.78, 5) is 1.01. The van der Waals surface area contributed by atoms with Crippen molar-refractivity contribution in [3.05, 3.63) is 28.8 Å². The van der Waals surface area contributed by atoms with Crippen LogP contribution in [0.15, 0.2) is 31.8 Å². The Labute approximate surface area is 143 Å². The third-order valence-corrected chi connectivity index (χ3v) is 6.03. The van der Waals surface area contributed by atoms with Gasteiger partial charge in [-0.2, -0.15) is 0 Å². The van der Waals surface area contributed by atoms with Crippen LogP contribution in [0.5, 0.6) is 0 Å². The summed E-state index contributed by atoms with van der Waals surface area (Å²) in [5, 5.41) is 12.5. The molecule has 1 heterocycles. The SMILES string of the molecule is CSc1nnc(Sc2ccc(CNC(C)(C)C)cc2Cl)s1. The predicted octanol–water partition coefficient (Wildman–Crippen LogP) is 4.95. The van der Waals surface area contributed by atoms with E-state index in [0.29, 0.717) is 0 Å². The molecule has 1 aromatic heterocycles. The van der Waals surface area contributed by atoms with Gasteiger partial charge >= 0.3 is 0 Å². The Morgan fingerprint density at radius 3 is 2.52 bits per heavy atom. The van der Waals surface area contributed by atoms with Gasteiger partial charge in [0.05, 0.1) is 5.02 Å². The number of hydrogen-bond acceptors (Lipinski definition) is 6. The van der Waals surface area contributed by atoms with Crippen molar-refractivity contribution >= 4 is 46.5 Å². The fraction of sp³-hybridized carbons (Fsp3) is 0.429. The minimum absolute atomic E-state index is 0.0979. The standard InChI is InChI=1S/C14H18ClN3S3/c1-14(2,3)16-8-9-5-6-11(10(15)7-9)20-13-18-17-12(19-4)21-13/h5-7,16H,8H2,1-4H3. The molecule has 0 aliphatic rings. The van der Waals surface area contributed by atoms with Crippen LogP contribution < -0.4 is 5.32 Å². The van der Waals surface area contributed by atoms with Crippen molar-refractivity contribution in [1.29, 1.82) is 0 Å². The minimum atomic E-state index is 0.0979. The highest BCUT2D eigenvalue weighted by Gasteiger charge is 2.11. The lowest BCUT2D eigenvalue weighted by molar-refractivity contribution is 0.424. The first-order valence-corrected chi connectivity index (χ1v) is 9.70. The molecule has 21 heavy (non-hydrogen) atoms. The third-order valence-electron chi connectivity index (χ3n) is 2.58. The van der Waals surface area contributed by atoms with Crippen molar-refractivity contribution in [1.82, 2.24) is 15.5 Å². The van der Waals surface area contributed by atoms with E-state index in [-0.39, 0.29) is 5.54 Å². The van der Waals surface area contributed by atoms with E-state index in [1.165, 1.54) is 5.56 Å². The molecule has 2 rings (SSSR count). The summed E-state index contributed by atoms with van der Waals surface area (Å²) < 4.78 is 1.89. The van der Waals surface area contributed by atoms with Crippen LogP contribution in [0.2, 0.25) is 5.02 Å². The lowest BCUT2D eigenvalue weighted by Crippen LogP contribution is -2.35. The number of aromatic nitrogens is 2. The molecule has 0 spiro atoms. The molecule has 1 aromatic carbocycles. The topological polar surface area (TPSA) is 37.8 Å². The zero-order valence-electron chi connectivity index (χ0n) is 12.4. The molecule has 1 N–H and O–H groups in total. The first kappa shape index (κ1) is 17.1. The Kier molecular flexibility index (Phi) is 5.96. The first-order valence-electron chi connectivity index (χ1n) is 6.46. The Balaban J connectivity index is 2.05. The Morgan fingerprint density at radius 2 is 1.95 bits per heavy atom. The molecule has 7 heteroatoms. The summed E-state index contributed by atoms with van der Waals surface area (Å²) >= 11 is 11.1. The number of benzene rings is 1. The van der Waals surface area contributed by atoms with Crippen LogP contribution in [0.25, 0.3) is 0 Å². The van der Waals surface area contributed by atoms with E-state index in [4.69, 9.17) is 11.6 Å². The maximum absolute atomic E-state index is 6.37. The van der Waals surface area contributed by atoms with E-state index in [9.17, 15) is 0 Å². The van der Waals surface area contributed by atoms with Gasteiger partial charge in [0, 0.05) is 17.0 Å². The number of halogens is 1. The largest absolute Gasteiger partial charge is 0.308 e. The van der Waals surface area contributed by atoms with Crippen LogP contribution in [0.3, 0.4) is 0 Å². The molecule has 0 unspecified atom stereocenters. The lowest BCUT2D eigenvalue weighted by Gasteiger charge is -2.20. The minimum Gasteiger partial charge on any atom is -0.308 e. The molecular weight excluding hydrogens is 342 g/mol. The van der Waals surface area contributed by atoms with Gasteiger partial charge in [0.1, 0.15) is 0 Å². The number of thioether (sulfide) groups is 1. The van der Waals surface area contributed by atoms with E-state index in [2.05, 4.69) is 42.4 Å². The summed E-state index contributed by atoms with van der Waals surface area (Å²) in [7, 11) is 0. The molecule has 114 valence electrons. The van der Waals surface area contributed by atoms with Crippen LogP contribution in [-0.2, 0) is 6.54 Å². The van der Waals surface area contributed by atoms with Gasteiger partial charge in [-0.25, -0.2) is 0 Å². The van der Waals surface area contributed by atoms with E-state index in [1.54, 1.807) is 34.9 Å². The van der Waals surface area contributed by atoms with Gasteiger partial charge in [0.25, 0.3) is 0 Å². The average Bonchev–Trinajstić information content (AvgIpc) is 2.86. The molecule has 3 nitrogen and oxygen atoms in total. The summed E-state index contributed by atoms with van der Waals surface area (Å²) in [6, 6.07) is 6.16. The molecule has 0 atom stereocenters. The fourth-order valence-corrected chi connectivity index (χ4v) is 4.24. The number of nitrogens with one attached hydrogen (secondary N) is 1. The molecule has 0 amide bonds. The van der Waals surface area contributed by atoms with E-state index < -0.39 is 0 Å². The van der Waals surface area contributed by atoms with Crippen LogP contribution in [-0.4, -0.2) is 22.0 Å². The van der Waals surface area contributed by atoms with Gasteiger partial charge in [-0.05, 0) is 44.7 Å². The van der Waals surface area contributed by atoms with Crippen molar-refractivity contribution in [2.45, 2.75) is 46.4 Å². The third kappa shape index (κ3) is 5.45. The maximum atomic E-state index is 6.37. The lowest BCUT2D eigenvalue weighted by atomic mass is 10.1. The predicted molar refractivity (Wildman–Crippen MR) is 93.9 cm³/mol. The zero-order valence-corrected chi connectivity index (χ0v) is 15.6. The van der Waals surface area contributed by atoms with Crippen LogP contribution in [0, 0.1) is 0 Å². The molecule has 0 bridgehead atoms. The molecule has 0 saturated carbocycles. The number of rotatable bonds is 5. The summed E-state index contributed by atoms with van der Waals surface area (Å²) in [5.74, 6) is 0. The van der Waals surface area contributed by atoms with E-state index >= 15 is 0 Å². The van der Waals surface area contributed by atoms with E-state index in [1.807, 2.05) is 18.4 Å². The van der Waals surface area contributed by atoms with Crippen LogP contribution >= 0.6 is 46.5 Å². The second-order valence-corrected chi connectivity index (χ2v) is 9.24. The fourth-order valence-electron chi connectivity index (χ4n) is 1.52. The summed E-state index contributed by atoms with van der Waals surface area (Å²) in [6.07, 6.45) is 2.00. The Morgan fingerprint density at radius 1 is 1.24 bits per heavy atom. The summed E-state index contributed by atoms with van der Waals surface area (Å²) in [5.41, 5.74) is 1.28. The monoisotopic (exact) mass is 359 g/mol. The second-order valence-electron chi connectivity index (χ2n) is 5.51. The normalized spacial score (nSPS) is 11.9. The number of hydrogen-bond donors (Lipinski definition) is 1. The maximum Gasteiger partial charge on any atom is 0.179 e. The van der Waals surface area contributed by atoms with Gasteiger partial charge in [-0.15, -0.1) is 10.2 Å². The highest BCUT2D eigenvalue weighted by molar-refractivity contribution is 8.03. The first-order chi connectivity index (χ1) is 9.87. The van der Waals surface area contributed by atoms with Crippen molar-refractivity contribution in [2.75, 3.05) is 6.26 Å².